The van der Waals surface area contributed by atoms with E-state index in [4.69, 9.17) is 5.73 Å². The van der Waals surface area contributed by atoms with E-state index in [0.29, 0.717) is 4.60 Å². The van der Waals surface area contributed by atoms with Crippen LogP contribution >= 0.6 is 15.9 Å². The maximum atomic E-state index is 12.9. The molecule has 1 fully saturated rings. The molecule has 5 heteroatoms. The summed E-state index contributed by atoms with van der Waals surface area (Å²) in [5, 5.41) is 0. The summed E-state index contributed by atoms with van der Waals surface area (Å²) in [6, 6.07) is 3.55. The lowest BCUT2D eigenvalue weighted by Gasteiger charge is -2.47. The molecule has 0 amide bonds. The number of alkyl halides is 2. The Balaban J connectivity index is 2.34. The summed E-state index contributed by atoms with van der Waals surface area (Å²) >= 11 is 3.27. The molecule has 0 spiro atoms. The van der Waals surface area contributed by atoms with Crippen molar-refractivity contribution in [2.75, 3.05) is 6.54 Å². The van der Waals surface area contributed by atoms with E-state index in [0.717, 1.165) is 5.56 Å². The van der Waals surface area contributed by atoms with E-state index in [2.05, 4.69) is 20.9 Å². The second-order valence-corrected chi connectivity index (χ2v) is 4.79. The molecule has 1 aromatic heterocycles. The molecule has 2 rings (SSSR count). The molecule has 1 aliphatic carbocycles. The molecule has 0 saturated heterocycles. The third-order valence-corrected chi connectivity index (χ3v) is 3.55. The molecule has 2 nitrogen and oxygen atoms in total. The van der Waals surface area contributed by atoms with Gasteiger partial charge < -0.3 is 5.73 Å². The van der Waals surface area contributed by atoms with E-state index in [1.165, 1.54) is 0 Å². The number of halogens is 3. The number of hydrogen-bond acceptors (Lipinski definition) is 2. The van der Waals surface area contributed by atoms with Crippen molar-refractivity contribution in [1.29, 1.82) is 0 Å². The maximum absolute atomic E-state index is 12.9. The van der Waals surface area contributed by atoms with Gasteiger partial charge in [0.15, 0.2) is 0 Å². The first-order chi connectivity index (χ1) is 6.99. The van der Waals surface area contributed by atoms with Gasteiger partial charge in [-0.1, -0.05) is 6.07 Å². The Kier molecular flexibility index (Phi) is 2.55. The van der Waals surface area contributed by atoms with Crippen LogP contribution in [-0.2, 0) is 5.41 Å². The van der Waals surface area contributed by atoms with Gasteiger partial charge in [-0.05, 0) is 27.6 Å². The van der Waals surface area contributed by atoms with Crippen LogP contribution in [0.4, 0.5) is 8.78 Å². The third kappa shape index (κ3) is 1.78. The quantitative estimate of drug-likeness (QED) is 0.843. The summed E-state index contributed by atoms with van der Waals surface area (Å²) in [7, 11) is 0. The van der Waals surface area contributed by atoms with Crippen molar-refractivity contribution < 1.29 is 8.78 Å². The highest BCUT2D eigenvalue weighted by molar-refractivity contribution is 9.10. The minimum absolute atomic E-state index is 0.180. The number of nitrogens with two attached hydrogens (primary N) is 1. The predicted octanol–water partition coefficient (Wildman–Crippen LogP) is 2.47. The Labute approximate surface area is 95.0 Å². The van der Waals surface area contributed by atoms with Crippen molar-refractivity contribution in [2.24, 2.45) is 5.73 Å². The lowest BCUT2D eigenvalue weighted by atomic mass is 9.62. The minimum Gasteiger partial charge on any atom is -0.330 e. The van der Waals surface area contributed by atoms with Crippen LogP contribution in [0.15, 0.2) is 22.9 Å². The highest BCUT2D eigenvalue weighted by Gasteiger charge is 2.57. The fraction of sp³-hybridized carbons (Fsp3) is 0.500. The lowest BCUT2D eigenvalue weighted by molar-refractivity contribution is -0.124. The van der Waals surface area contributed by atoms with Crippen LogP contribution in [0.2, 0.25) is 0 Å². The predicted molar refractivity (Wildman–Crippen MR) is 56.9 cm³/mol. The summed E-state index contributed by atoms with van der Waals surface area (Å²) in [5.41, 5.74) is 5.80. The summed E-state index contributed by atoms with van der Waals surface area (Å²) < 4.78 is 26.5. The molecule has 0 unspecified atom stereocenters. The molecular formula is C10H11BrF2N2. The molecule has 1 aromatic rings. The van der Waals surface area contributed by atoms with Gasteiger partial charge in [0.05, 0.1) is 0 Å². The first-order valence-corrected chi connectivity index (χ1v) is 5.47. The van der Waals surface area contributed by atoms with E-state index < -0.39 is 11.3 Å². The average molecular weight is 277 g/mol. The number of nitrogens with zero attached hydrogens (tertiary/aromatic N) is 1. The van der Waals surface area contributed by atoms with Crippen molar-refractivity contribution in [2.45, 2.75) is 24.2 Å². The van der Waals surface area contributed by atoms with Gasteiger partial charge in [-0.15, -0.1) is 0 Å². The van der Waals surface area contributed by atoms with Crippen LogP contribution in [0.5, 0.6) is 0 Å². The van der Waals surface area contributed by atoms with Gasteiger partial charge in [0.25, 0.3) is 0 Å². The number of hydrogen-bond donors (Lipinski definition) is 1. The van der Waals surface area contributed by atoms with Crippen molar-refractivity contribution in [3.05, 3.63) is 28.5 Å². The van der Waals surface area contributed by atoms with E-state index in [1.54, 1.807) is 18.3 Å². The van der Waals surface area contributed by atoms with Gasteiger partial charge in [-0.3, -0.25) is 0 Å². The molecule has 0 aliphatic heterocycles. The van der Waals surface area contributed by atoms with Crippen molar-refractivity contribution >= 4 is 15.9 Å². The Morgan fingerprint density at radius 3 is 2.60 bits per heavy atom. The fourth-order valence-corrected chi connectivity index (χ4v) is 2.84. The zero-order chi connectivity index (χ0) is 11.1. The van der Waals surface area contributed by atoms with Crippen molar-refractivity contribution in [3.8, 4) is 0 Å². The summed E-state index contributed by atoms with van der Waals surface area (Å²) in [6.07, 6.45) is 1.26. The monoisotopic (exact) mass is 276 g/mol. The average Bonchev–Trinajstić information content (AvgIpc) is 2.14. The molecule has 1 aliphatic rings. The van der Waals surface area contributed by atoms with Crippen LogP contribution in [0.3, 0.4) is 0 Å². The van der Waals surface area contributed by atoms with E-state index in [1.807, 2.05) is 0 Å². The summed E-state index contributed by atoms with van der Waals surface area (Å²) in [4.78, 5) is 4.04. The number of rotatable bonds is 2. The summed E-state index contributed by atoms with van der Waals surface area (Å²) in [5.74, 6) is -2.57. The molecule has 2 N–H and O–H groups in total. The maximum Gasteiger partial charge on any atom is 0.250 e. The Morgan fingerprint density at radius 1 is 1.47 bits per heavy atom. The first-order valence-electron chi connectivity index (χ1n) is 4.68. The van der Waals surface area contributed by atoms with Crippen LogP contribution in [0, 0.1) is 0 Å². The Bertz CT molecular complexity index is 373. The standard InChI is InChI=1S/C10H11BrF2N2/c11-8-7(2-1-3-15-8)9(6-14)4-10(12,13)5-9/h1-3H,4-6,14H2. The summed E-state index contributed by atoms with van der Waals surface area (Å²) in [6.45, 7) is 0.229. The van der Waals surface area contributed by atoms with Gasteiger partial charge >= 0.3 is 0 Å². The molecule has 1 saturated carbocycles. The highest BCUT2D eigenvalue weighted by atomic mass is 79.9. The second-order valence-electron chi connectivity index (χ2n) is 4.04. The lowest BCUT2D eigenvalue weighted by Crippen LogP contribution is -2.53. The second kappa shape index (κ2) is 3.49. The van der Waals surface area contributed by atoms with E-state index in [9.17, 15) is 8.78 Å². The van der Waals surface area contributed by atoms with E-state index in [-0.39, 0.29) is 19.4 Å². The van der Waals surface area contributed by atoms with E-state index >= 15 is 0 Å². The van der Waals surface area contributed by atoms with Crippen molar-refractivity contribution in [1.82, 2.24) is 4.98 Å². The third-order valence-electron chi connectivity index (χ3n) is 2.92. The zero-order valence-electron chi connectivity index (χ0n) is 8.01. The van der Waals surface area contributed by atoms with Gasteiger partial charge in [0.2, 0.25) is 5.92 Å². The smallest absolute Gasteiger partial charge is 0.250 e. The van der Waals surface area contributed by atoms with Crippen molar-refractivity contribution in [3.63, 3.8) is 0 Å². The number of aromatic nitrogens is 1. The molecule has 0 bridgehead atoms. The molecule has 0 radical (unpaired) electrons. The molecule has 15 heavy (non-hydrogen) atoms. The SMILES string of the molecule is NCC1(c2cccnc2Br)CC(F)(F)C1. The Hall–Kier alpha value is -0.550. The molecule has 82 valence electrons. The fourth-order valence-electron chi connectivity index (χ4n) is 2.16. The minimum atomic E-state index is -2.57. The van der Waals surface area contributed by atoms with Crippen LogP contribution in [0.1, 0.15) is 18.4 Å². The van der Waals surface area contributed by atoms with Gasteiger partial charge in [0, 0.05) is 31.0 Å². The largest absolute Gasteiger partial charge is 0.330 e. The topological polar surface area (TPSA) is 38.9 Å². The molecule has 1 heterocycles. The molecular weight excluding hydrogens is 266 g/mol. The van der Waals surface area contributed by atoms with Gasteiger partial charge in [0.1, 0.15) is 4.60 Å². The first kappa shape index (κ1) is 11.0. The van der Waals surface area contributed by atoms with Crippen LogP contribution in [-0.4, -0.2) is 17.5 Å². The van der Waals surface area contributed by atoms with Gasteiger partial charge in [-0.2, -0.15) is 0 Å². The van der Waals surface area contributed by atoms with Crippen LogP contribution in [0.25, 0.3) is 0 Å². The Morgan fingerprint density at radius 2 is 2.13 bits per heavy atom. The normalized spacial score (nSPS) is 22.1. The number of pyridine rings is 1. The molecule has 0 aromatic carbocycles. The molecule has 0 atom stereocenters. The zero-order valence-corrected chi connectivity index (χ0v) is 9.60. The van der Waals surface area contributed by atoms with Gasteiger partial charge in [-0.25, -0.2) is 13.8 Å². The van der Waals surface area contributed by atoms with Crippen LogP contribution < -0.4 is 5.73 Å². The highest BCUT2D eigenvalue weighted by Crippen LogP contribution is 2.53.